The van der Waals surface area contributed by atoms with Gasteiger partial charge in [0, 0.05) is 46.0 Å². The quantitative estimate of drug-likeness (QED) is 0.751. The van der Waals surface area contributed by atoms with Crippen LogP contribution < -0.4 is 4.90 Å². The fourth-order valence-corrected chi connectivity index (χ4v) is 5.06. The highest BCUT2D eigenvalue weighted by atomic mass is 19.1. The first-order valence-electron chi connectivity index (χ1n) is 11.1. The Morgan fingerprint density at radius 3 is 2.42 bits per heavy atom. The minimum atomic E-state index is -0.479. The SMILES string of the molecule is Cn1cc(N2CCC[C@@H](N3CCN(C(=O)C4(c5ccc(F)cc5)CC4)CC3)C2=O)cn1. The van der Waals surface area contributed by atoms with E-state index in [4.69, 9.17) is 0 Å². The summed E-state index contributed by atoms with van der Waals surface area (Å²) in [6, 6.07) is 6.21. The van der Waals surface area contributed by atoms with E-state index >= 15 is 0 Å². The van der Waals surface area contributed by atoms with E-state index in [0.29, 0.717) is 26.2 Å². The highest BCUT2D eigenvalue weighted by Crippen LogP contribution is 2.49. The number of piperidine rings is 1. The molecule has 2 saturated heterocycles. The number of benzene rings is 1. The van der Waals surface area contributed by atoms with Crippen LogP contribution >= 0.6 is 0 Å². The first kappa shape index (κ1) is 20.2. The molecule has 2 amide bonds. The average Bonchev–Trinajstić information content (AvgIpc) is 3.48. The predicted octanol–water partition coefficient (Wildman–Crippen LogP) is 1.93. The summed E-state index contributed by atoms with van der Waals surface area (Å²) in [6.45, 7) is 3.36. The fourth-order valence-electron chi connectivity index (χ4n) is 5.06. The summed E-state index contributed by atoms with van der Waals surface area (Å²) in [5, 5.41) is 4.20. The second-order valence-corrected chi connectivity index (χ2v) is 8.94. The lowest BCUT2D eigenvalue weighted by Crippen LogP contribution is -2.59. The zero-order chi connectivity index (χ0) is 21.6. The number of aryl methyl sites for hydroxylation is 1. The van der Waals surface area contributed by atoms with Crippen molar-refractivity contribution in [3.63, 3.8) is 0 Å². The van der Waals surface area contributed by atoms with Crippen LogP contribution in [-0.2, 0) is 22.1 Å². The molecule has 0 unspecified atom stereocenters. The van der Waals surface area contributed by atoms with Crippen molar-refractivity contribution >= 4 is 17.5 Å². The third-order valence-electron chi connectivity index (χ3n) is 7.01. The van der Waals surface area contributed by atoms with Crippen molar-refractivity contribution in [2.45, 2.75) is 37.1 Å². The molecule has 7 nitrogen and oxygen atoms in total. The second-order valence-electron chi connectivity index (χ2n) is 8.94. The highest BCUT2D eigenvalue weighted by Gasteiger charge is 2.53. The Hall–Kier alpha value is -2.74. The maximum atomic E-state index is 13.3. The molecule has 3 aliphatic rings. The number of hydrogen-bond donors (Lipinski definition) is 0. The van der Waals surface area contributed by atoms with Gasteiger partial charge < -0.3 is 9.80 Å². The molecule has 0 spiro atoms. The van der Waals surface area contributed by atoms with Crippen molar-refractivity contribution in [3.05, 3.63) is 48.0 Å². The summed E-state index contributed by atoms with van der Waals surface area (Å²) in [6.07, 6.45) is 7.06. The summed E-state index contributed by atoms with van der Waals surface area (Å²) >= 11 is 0. The lowest BCUT2D eigenvalue weighted by Gasteiger charge is -2.43. The predicted molar refractivity (Wildman–Crippen MR) is 114 cm³/mol. The van der Waals surface area contributed by atoms with E-state index in [1.54, 1.807) is 23.0 Å². The van der Waals surface area contributed by atoms with E-state index in [1.807, 2.05) is 23.0 Å². The number of piperazine rings is 1. The maximum Gasteiger partial charge on any atom is 0.244 e. The third kappa shape index (κ3) is 3.63. The second kappa shape index (κ2) is 7.75. The molecule has 0 radical (unpaired) electrons. The molecular weight excluding hydrogens is 397 g/mol. The van der Waals surface area contributed by atoms with Gasteiger partial charge in [0.2, 0.25) is 11.8 Å². The molecule has 2 aliphatic heterocycles. The summed E-state index contributed by atoms with van der Waals surface area (Å²) in [7, 11) is 1.85. The zero-order valence-corrected chi connectivity index (χ0v) is 17.8. The van der Waals surface area contributed by atoms with Gasteiger partial charge >= 0.3 is 0 Å². The monoisotopic (exact) mass is 425 g/mol. The molecule has 8 heteroatoms. The van der Waals surface area contributed by atoms with Crippen LogP contribution in [0.5, 0.6) is 0 Å². The molecule has 3 fully saturated rings. The summed E-state index contributed by atoms with van der Waals surface area (Å²) in [5.41, 5.74) is 1.28. The van der Waals surface area contributed by atoms with E-state index < -0.39 is 5.41 Å². The summed E-state index contributed by atoms with van der Waals surface area (Å²) in [5.74, 6) is -0.00666. The Morgan fingerprint density at radius 2 is 1.81 bits per heavy atom. The maximum absolute atomic E-state index is 13.3. The van der Waals surface area contributed by atoms with Crippen LogP contribution in [-0.4, -0.2) is 70.2 Å². The lowest BCUT2D eigenvalue weighted by molar-refractivity contribution is -0.137. The molecule has 5 rings (SSSR count). The van der Waals surface area contributed by atoms with Crippen molar-refractivity contribution in [3.8, 4) is 0 Å². The number of carbonyl (C=O) groups excluding carboxylic acids is 2. The van der Waals surface area contributed by atoms with Gasteiger partial charge in [-0.2, -0.15) is 5.10 Å². The number of amides is 2. The molecular formula is C23H28FN5O2. The topological polar surface area (TPSA) is 61.7 Å². The van der Waals surface area contributed by atoms with Gasteiger partial charge in [-0.3, -0.25) is 19.2 Å². The molecule has 0 bridgehead atoms. The normalized spacial score (nSPS) is 23.8. The Bertz CT molecular complexity index is 976. The van der Waals surface area contributed by atoms with Crippen molar-refractivity contribution in [2.75, 3.05) is 37.6 Å². The zero-order valence-electron chi connectivity index (χ0n) is 17.8. The first-order valence-corrected chi connectivity index (χ1v) is 11.1. The van der Waals surface area contributed by atoms with Gasteiger partial charge in [-0.1, -0.05) is 12.1 Å². The van der Waals surface area contributed by atoms with Gasteiger partial charge in [0.15, 0.2) is 0 Å². The van der Waals surface area contributed by atoms with E-state index in [0.717, 1.165) is 43.5 Å². The van der Waals surface area contributed by atoms with Crippen LogP contribution in [0.4, 0.5) is 10.1 Å². The molecule has 1 aliphatic carbocycles. The molecule has 31 heavy (non-hydrogen) atoms. The van der Waals surface area contributed by atoms with Crippen LogP contribution in [0.3, 0.4) is 0 Å². The number of aromatic nitrogens is 2. The first-order chi connectivity index (χ1) is 15.0. The summed E-state index contributed by atoms with van der Waals surface area (Å²) in [4.78, 5) is 32.4. The standard InChI is InChI=1S/C23H28FN5O2/c1-26-16-19(15-25-26)29-10-2-3-20(21(29)30)27-11-13-28(14-12-27)22(31)23(8-9-23)17-4-6-18(24)7-5-17/h4-7,15-16,20H,2-3,8-14H2,1H3/t20-/m1/s1. The number of nitrogens with zero attached hydrogens (tertiary/aromatic N) is 5. The van der Waals surface area contributed by atoms with Crippen molar-refractivity contribution in [1.82, 2.24) is 19.6 Å². The lowest BCUT2D eigenvalue weighted by atomic mass is 9.93. The van der Waals surface area contributed by atoms with Gasteiger partial charge in [-0.15, -0.1) is 0 Å². The van der Waals surface area contributed by atoms with E-state index in [2.05, 4.69) is 10.00 Å². The van der Waals surface area contributed by atoms with Gasteiger partial charge in [0.05, 0.1) is 23.3 Å². The molecule has 0 N–H and O–H groups in total. The van der Waals surface area contributed by atoms with Crippen molar-refractivity contribution in [2.24, 2.45) is 7.05 Å². The van der Waals surface area contributed by atoms with E-state index in [9.17, 15) is 14.0 Å². The largest absolute Gasteiger partial charge is 0.339 e. The van der Waals surface area contributed by atoms with Crippen LogP contribution in [0.15, 0.2) is 36.7 Å². The van der Waals surface area contributed by atoms with Crippen molar-refractivity contribution in [1.29, 1.82) is 0 Å². The minimum absolute atomic E-state index is 0.129. The Labute approximate surface area is 181 Å². The molecule has 164 valence electrons. The fraction of sp³-hybridized carbons (Fsp3) is 0.522. The highest BCUT2D eigenvalue weighted by molar-refractivity contribution is 5.97. The Morgan fingerprint density at radius 1 is 1.10 bits per heavy atom. The Kier molecular flexibility index (Phi) is 5.04. The van der Waals surface area contributed by atoms with Crippen LogP contribution in [0.1, 0.15) is 31.2 Å². The smallest absolute Gasteiger partial charge is 0.244 e. The molecule has 3 heterocycles. The minimum Gasteiger partial charge on any atom is -0.339 e. The van der Waals surface area contributed by atoms with Gasteiger partial charge in [0.25, 0.3) is 0 Å². The van der Waals surface area contributed by atoms with Crippen LogP contribution in [0, 0.1) is 5.82 Å². The van der Waals surface area contributed by atoms with Gasteiger partial charge in [0.1, 0.15) is 5.82 Å². The van der Waals surface area contributed by atoms with E-state index in [-0.39, 0.29) is 23.7 Å². The molecule has 1 saturated carbocycles. The molecule has 1 aromatic carbocycles. The molecule has 2 aromatic rings. The number of carbonyl (C=O) groups is 2. The third-order valence-corrected chi connectivity index (χ3v) is 7.01. The van der Waals surface area contributed by atoms with Crippen molar-refractivity contribution < 1.29 is 14.0 Å². The molecule has 1 atom stereocenters. The Balaban J connectivity index is 1.23. The van der Waals surface area contributed by atoms with Gasteiger partial charge in [-0.05, 0) is 43.4 Å². The number of hydrogen-bond acceptors (Lipinski definition) is 4. The number of anilines is 1. The summed E-state index contributed by atoms with van der Waals surface area (Å²) < 4.78 is 15.0. The number of halogens is 1. The van der Waals surface area contributed by atoms with E-state index in [1.165, 1.54) is 12.1 Å². The van der Waals surface area contributed by atoms with Crippen LogP contribution in [0.25, 0.3) is 0 Å². The molecule has 1 aromatic heterocycles. The van der Waals surface area contributed by atoms with Crippen LogP contribution in [0.2, 0.25) is 0 Å². The average molecular weight is 426 g/mol. The number of rotatable bonds is 4. The van der Waals surface area contributed by atoms with Gasteiger partial charge in [-0.25, -0.2) is 4.39 Å².